The maximum atomic E-state index is 9.43. The number of rotatable bonds is 7. The Morgan fingerprint density at radius 2 is 1.86 bits per heavy atom. The highest BCUT2D eigenvalue weighted by molar-refractivity contribution is 5.79. The number of aromatic nitrogens is 2. The van der Waals surface area contributed by atoms with Crippen LogP contribution < -0.4 is 4.74 Å². The molecule has 2 aromatic carbocycles. The van der Waals surface area contributed by atoms with Gasteiger partial charge in [0.1, 0.15) is 11.8 Å². The predicted octanol–water partition coefficient (Wildman–Crippen LogP) is 5.68. The molecule has 0 N–H and O–H groups in total. The SMILES string of the molecule is C=Cc1ccc(-c2nc(CCCC)cnc2-c2ccc(OC)c(C#N)c2)cc1. The van der Waals surface area contributed by atoms with Crippen molar-refractivity contribution < 1.29 is 4.74 Å². The number of hydrogen-bond donors (Lipinski definition) is 0. The highest BCUT2D eigenvalue weighted by Crippen LogP contribution is 2.32. The molecular formula is C24H23N3O. The Labute approximate surface area is 166 Å². The molecule has 0 radical (unpaired) electrons. The molecule has 1 heterocycles. The Morgan fingerprint density at radius 1 is 1.11 bits per heavy atom. The lowest BCUT2D eigenvalue weighted by atomic mass is 10.0. The summed E-state index contributed by atoms with van der Waals surface area (Å²) in [4.78, 5) is 9.63. The van der Waals surface area contributed by atoms with Crippen LogP contribution in [0.4, 0.5) is 0 Å². The first-order chi connectivity index (χ1) is 13.7. The number of aryl methyl sites for hydroxylation is 1. The number of ether oxygens (including phenoxy) is 1. The summed E-state index contributed by atoms with van der Waals surface area (Å²) >= 11 is 0. The molecule has 4 heteroatoms. The second-order valence-corrected chi connectivity index (χ2v) is 6.52. The Hall–Kier alpha value is -3.45. The molecule has 0 saturated heterocycles. The molecule has 0 atom stereocenters. The lowest BCUT2D eigenvalue weighted by Crippen LogP contribution is -1.99. The summed E-state index contributed by atoms with van der Waals surface area (Å²) in [5.41, 5.74) is 5.91. The quantitative estimate of drug-likeness (QED) is 0.538. The molecule has 0 aliphatic heterocycles. The average molecular weight is 369 g/mol. The van der Waals surface area contributed by atoms with Crippen LogP contribution in [0.1, 0.15) is 36.6 Å². The molecule has 0 spiro atoms. The summed E-state index contributed by atoms with van der Waals surface area (Å²) in [6, 6.07) is 15.8. The fraction of sp³-hybridized carbons (Fsp3) is 0.208. The number of benzene rings is 2. The highest BCUT2D eigenvalue weighted by Gasteiger charge is 2.14. The van der Waals surface area contributed by atoms with Gasteiger partial charge in [0, 0.05) is 17.3 Å². The van der Waals surface area contributed by atoms with Crippen LogP contribution in [0.3, 0.4) is 0 Å². The summed E-state index contributed by atoms with van der Waals surface area (Å²) in [5.74, 6) is 0.552. The summed E-state index contributed by atoms with van der Waals surface area (Å²) in [6.07, 6.45) is 6.73. The van der Waals surface area contributed by atoms with E-state index in [0.717, 1.165) is 53.0 Å². The fourth-order valence-corrected chi connectivity index (χ4v) is 3.04. The first kappa shape index (κ1) is 19.3. The molecule has 140 valence electrons. The van der Waals surface area contributed by atoms with Crippen LogP contribution in [0.5, 0.6) is 5.75 Å². The highest BCUT2D eigenvalue weighted by atomic mass is 16.5. The second-order valence-electron chi connectivity index (χ2n) is 6.52. The van der Waals surface area contributed by atoms with Crippen LogP contribution in [-0.4, -0.2) is 17.1 Å². The van der Waals surface area contributed by atoms with E-state index in [9.17, 15) is 5.26 Å². The van der Waals surface area contributed by atoms with E-state index in [-0.39, 0.29) is 0 Å². The molecule has 28 heavy (non-hydrogen) atoms. The van der Waals surface area contributed by atoms with Crippen molar-refractivity contribution in [2.45, 2.75) is 26.2 Å². The summed E-state index contributed by atoms with van der Waals surface area (Å²) in [5, 5.41) is 9.43. The van der Waals surface area contributed by atoms with Gasteiger partial charge in [-0.1, -0.05) is 50.3 Å². The number of unbranched alkanes of at least 4 members (excludes halogenated alkanes) is 1. The number of methoxy groups -OCH3 is 1. The third-order valence-corrected chi connectivity index (χ3v) is 4.62. The second kappa shape index (κ2) is 8.96. The lowest BCUT2D eigenvalue weighted by molar-refractivity contribution is 0.413. The molecular weight excluding hydrogens is 346 g/mol. The molecule has 0 bridgehead atoms. The van der Waals surface area contributed by atoms with E-state index in [1.807, 2.05) is 42.6 Å². The summed E-state index contributed by atoms with van der Waals surface area (Å²) < 4.78 is 5.26. The topological polar surface area (TPSA) is 58.8 Å². The molecule has 0 aliphatic rings. The zero-order chi connectivity index (χ0) is 19.9. The van der Waals surface area contributed by atoms with E-state index in [2.05, 4.69) is 19.6 Å². The van der Waals surface area contributed by atoms with Crippen LogP contribution in [0.15, 0.2) is 55.2 Å². The third kappa shape index (κ3) is 4.10. The Balaban J connectivity index is 2.14. The Bertz CT molecular complexity index is 1020. The smallest absolute Gasteiger partial charge is 0.136 e. The van der Waals surface area contributed by atoms with Gasteiger partial charge < -0.3 is 4.74 Å². The van der Waals surface area contributed by atoms with Gasteiger partial charge in [0.25, 0.3) is 0 Å². The van der Waals surface area contributed by atoms with Gasteiger partial charge in [-0.25, -0.2) is 4.98 Å². The number of nitrogens with zero attached hydrogens (tertiary/aromatic N) is 3. The maximum absolute atomic E-state index is 9.43. The lowest BCUT2D eigenvalue weighted by Gasteiger charge is -2.12. The average Bonchev–Trinajstić information content (AvgIpc) is 2.77. The maximum Gasteiger partial charge on any atom is 0.136 e. The molecule has 0 unspecified atom stereocenters. The van der Waals surface area contributed by atoms with E-state index < -0.39 is 0 Å². The summed E-state index contributed by atoms with van der Waals surface area (Å²) in [7, 11) is 1.56. The van der Waals surface area contributed by atoms with Gasteiger partial charge in [0.15, 0.2) is 0 Å². The van der Waals surface area contributed by atoms with Crippen molar-refractivity contribution in [1.82, 2.24) is 9.97 Å². The first-order valence-electron chi connectivity index (χ1n) is 9.37. The zero-order valence-corrected chi connectivity index (χ0v) is 16.3. The first-order valence-corrected chi connectivity index (χ1v) is 9.37. The van der Waals surface area contributed by atoms with Crippen LogP contribution >= 0.6 is 0 Å². The molecule has 3 aromatic rings. The number of hydrogen-bond acceptors (Lipinski definition) is 4. The molecule has 4 nitrogen and oxygen atoms in total. The van der Waals surface area contributed by atoms with Gasteiger partial charge >= 0.3 is 0 Å². The van der Waals surface area contributed by atoms with E-state index in [4.69, 9.17) is 14.7 Å². The Morgan fingerprint density at radius 3 is 2.50 bits per heavy atom. The molecule has 0 aliphatic carbocycles. The van der Waals surface area contributed by atoms with E-state index in [1.165, 1.54) is 0 Å². The minimum Gasteiger partial charge on any atom is -0.495 e. The predicted molar refractivity (Wildman–Crippen MR) is 113 cm³/mol. The summed E-state index contributed by atoms with van der Waals surface area (Å²) in [6.45, 7) is 5.98. The standard InChI is InChI=1S/C24H23N3O/c1-4-6-7-21-16-26-23(19-12-13-22(28-3)20(14-19)15-25)24(27-21)18-10-8-17(5-2)9-11-18/h5,8-14,16H,2,4,6-7H2,1,3H3. The zero-order valence-electron chi connectivity index (χ0n) is 16.3. The van der Waals surface area contributed by atoms with Crippen molar-refractivity contribution in [2.24, 2.45) is 0 Å². The monoisotopic (exact) mass is 369 g/mol. The van der Waals surface area contributed by atoms with Crippen LogP contribution in [0, 0.1) is 11.3 Å². The van der Waals surface area contributed by atoms with Crippen molar-refractivity contribution in [3.05, 3.63) is 72.1 Å². The van der Waals surface area contributed by atoms with Crippen LogP contribution in [0.2, 0.25) is 0 Å². The molecule has 1 aromatic heterocycles. The van der Waals surface area contributed by atoms with E-state index in [1.54, 1.807) is 19.2 Å². The van der Waals surface area contributed by atoms with E-state index in [0.29, 0.717) is 11.3 Å². The fourth-order valence-electron chi connectivity index (χ4n) is 3.04. The van der Waals surface area contributed by atoms with Gasteiger partial charge in [0.2, 0.25) is 0 Å². The number of nitriles is 1. The van der Waals surface area contributed by atoms with Crippen LogP contribution in [-0.2, 0) is 6.42 Å². The minimum atomic E-state index is 0.477. The van der Waals surface area contributed by atoms with Gasteiger partial charge in [-0.2, -0.15) is 5.26 Å². The van der Waals surface area contributed by atoms with Crippen molar-refractivity contribution in [1.29, 1.82) is 5.26 Å². The van der Waals surface area contributed by atoms with Crippen molar-refractivity contribution in [3.8, 4) is 34.3 Å². The normalized spacial score (nSPS) is 10.3. The Kier molecular flexibility index (Phi) is 6.18. The van der Waals surface area contributed by atoms with Gasteiger partial charge in [-0.3, -0.25) is 4.98 Å². The van der Waals surface area contributed by atoms with Gasteiger partial charge in [-0.15, -0.1) is 0 Å². The largest absolute Gasteiger partial charge is 0.495 e. The van der Waals surface area contributed by atoms with Crippen LogP contribution in [0.25, 0.3) is 28.6 Å². The molecule has 0 saturated carbocycles. The minimum absolute atomic E-state index is 0.477. The van der Waals surface area contributed by atoms with Gasteiger partial charge in [-0.05, 0) is 36.6 Å². The van der Waals surface area contributed by atoms with Crippen molar-refractivity contribution in [3.63, 3.8) is 0 Å². The molecule has 3 rings (SSSR count). The molecule has 0 amide bonds. The third-order valence-electron chi connectivity index (χ3n) is 4.62. The van der Waals surface area contributed by atoms with Gasteiger partial charge in [0.05, 0.1) is 29.8 Å². The molecule has 0 fully saturated rings. The van der Waals surface area contributed by atoms with Crippen molar-refractivity contribution >= 4 is 6.08 Å². The van der Waals surface area contributed by atoms with Crippen molar-refractivity contribution in [2.75, 3.05) is 7.11 Å². The van der Waals surface area contributed by atoms with E-state index >= 15 is 0 Å².